The third kappa shape index (κ3) is 3.95. The van der Waals surface area contributed by atoms with Gasteiger partial charge in [0.25, 0.3) is 0 Å². The summed E-state index contributed by atoms with van der Waals surface area (Å²) in [6.07, 6.45) is 2.06. The third-order valence-corrected chi connectivity index (χ3v) is 3.92. The van der Waals surface area contributed by atoms with Gasteiger partial charge >= 0.3 is 0 Å². The highest BCUT2D eigenvalue weighted by atomic mass is 35.5. The molecule has 1 aromatic rings. The summed E-state index contributed by atoms with van der Waals surface area (Å²) in [5, 5.41) is 7.03. The maximum absolute atomic E-state index is 12.2. The molecule has 1 aromatic carbocycles. The van der Waals surface area contributed by atoms with Crippen molar-refractivity contribution < 1.29 is 4.79 Å². The van der Waals surface area contributed by atoms with Gasteiger partial charge < -0.3 is 10.6 Å². The molecule has 0 aliphatic carbocycles. The highest BCUT2D eigenvalue weighted by molar-refractivity contribution is 6.30. The van der Waals surface area contributed by atoms with Crippen molar-refractivity contribution in [1.82, 2.24) is 10.6 Å². The number of carbonyl (C=O) groups excluding carboxylic acids is 1. The van der Waals surface area contributed by atoms with E-state index in [1.807, 2.05) is 31.2 Å². The molecule has 3 nitrogen and oxygen atoms in total. The van der Waals surface area contributed by atoms with Crippen molar-refractivity contribution in [2.45, 2.75) is 38.8 Å². The molecule has 0 bridgehead atoms. The SMILES string of the molecule is CC1CCNC(C(=O)N[C@@H](C)c2cccc(Cl)c2)C1. The summed E-state index contributed by atoms with van der Waals surface area (Å²) < 4.78 is 0. The fraction of sp³-hybridized carbons (Fsp3) is 0.533. The van der Waals surface area contributed by atoms with E-state index < -0.39 is 0 Å². The van der Waals surface area contributed by atoms with Crippen LogP contribution in [0.15, 0.2) is 24.3 Å². The first kappa shape index (κ1) is 14.4. The van der Waals surface area contributed by atoms with Crippen molar-refractivity contribution >= 4 is 17.5 Å². The van der Waals surface area contributed by atoms with E-state index in [0.29, 0.717) is 10.9 Å². The van der Waals surface area contributed by atoms with Gasteiger partial charge in [-0.2, -0.15) is 0 Å². The predicted molar refractivity (Wildman–Crippen MR) is 78.2 cm³/mol. The minimum atomic E-state index is -0.0645. The topological polar surface area (TPSA) is 41.1 Å². The van der Waals surface area contributed by atoms with Gasteiger partial charge in [0.2, 0.25) is 5.91 Å². The Balaban J connectivity index is 1.94. The number of amides is 1. The first-order valence-corrected chi connectivity index (χ1v) is 7.23. The third-order valence-electron chi connectivity index (χ3n) is 3.69. The molecule has 19 heavy (non-hydrogen) atoms. The first-order chi connectivity index (χ1) is 9.06. The van der Waals surface area contributed by atoms with Crippen molar-refractivity contribution in [2.24, 2.45) is 5.92 Å². The van der Waals surface area contributed by atoms with E-state index in [-0.39, 0.29) is 18.0 Å². The second-order valence-corrected chi connectivity index (χ2v) is 5.86. The fourth-order valence-corrected chi connectivity index (χ4v) is 2.68. The average molecular weight is 281 g/mol. The molecule has 1 saturated heterocycles. The van der Waals surface area contributed by atoms with Crippen molar-refractivity contribution in [1.29, 1.82) is 0 Å². The molecule has 0 saturated carbocycles. The molecule has 1 aliphatic rings. The van der Waals surface area contributed by atoms with Crippen LogP contribution in [-0.4, -0.2) is 18.5 Å². The summed E-state index contributed by atoms with van der Waals surface area (Å²) in [6, 6.07) is 7.53. The number of benzene rings is 1. The quantitative estimate of drug-likeness (QED) is 0.894. The second kappa shape index (κ2) is 6.40. The molecule has 2 N–H and O–H groups in total. The van der Waals surface area contributed by atoms with E-state index in [2.05, 4.69) is 17.6 Å². The average Bonchev–Trinajstić information content (AvgIpc) is 2.38. The monoisotopic (exact) mass is 280 g/mol. The van der Waals surface area contributed by atoms with Crippen LogP contribution in [0.3, 0.4) is 0 Å². The molecule has 104 valence electrons. The van der Waals surface area contributed by atoms with Crippen LogP contribution >= 0.6 is 11.6 Å². The van der Waals surface area contributed by atoms with E-state index >= 15 is 0 Å². The highest BCUT2D eigenvalue weighted by Crippen LogP contribution is 2.19. The maximum Gasteiger partial charge on any atom is 0.237 e. The maximum atomic E-state index is 12.2. The van der Waals surface area contributed by atoms with Crippen molar-refractivity contribution in [3.05, 3.63) is 34.9 Å². The lowest BCUT2D eigenvalue weighted by Crippen LogP contribution is -2.48. The van der Waals surface area contributed by atoms with Crippen LogP contribution in [0.5, 0.6) is 0 Å². The van der Waals surface area contributed by atoms with Gasteiger partial charge in [-0.25, -0.2) is 0 Å². The largest absolute Gasteiger partial charge is 0.348 e. The molecule has 1 amide bonds. The van der Waals surface area contributed by atoms with Gasteiger partial charge in [0.15, 0.2) is 0 Å². The lowest BCUT2D eigenvalue weighted by atomic mass is 9.93. The Hall–Kier alpha value is -1.06. The van der Waals surface area contributed by atoms with Gasteiger partial charge in [-0.3, -0.25) is 4.79 Å². The standard InChI is InChI=1S/C15H21ClN2O/c1-10-6-7-17-14(8-10)15(19)18-11(2)12-4-3-5-13(16)9-12/h3-5,9-11,14,17H,6-8H2,1-2H3,(H,18,19)/t10?,11-,14?/m0/s1. The second-order valence-electron chi connectivity index (χ2n) is 5.42. The van der Waals surface area contributed by atoms with E-state index in [9.17, 15) is 4.79 Å². The molecule has 1 aliphatic heterocycles. The minimum absolute atomic E-state index is 0.0229. The fourth-order valence-electron chi connectivity index (χ4n) is 2.48. The summed E-state index contributed by atoms with van der Waals surface area (Å²) >= 11 is 5.97. The summed E-state index contributed by atoms with van der Waals surface area (Å²) in [5.74, 6) is 0.692. The Kier molecular flexibility index (Phi) is 4.83. The number of hydrogen-bond donors (Lipinski definition) is 2. The van der Waals surface area contributed by atoms with E-state index in [1.165, 1.54) is 0 Å². The number of nitrogens with one attached hydrogen (secondary N) is 2. The Bertz CT molecular complexity index is 450. The van der Waals surface area contributed by atoms with E-state index in [4.69, 9.17) is 11.6 Å². The number of piperidine rings is 1. The number of hydrogen-bond acceptors (Lipinski definition) is 2. The summed E-state index contributed by atoms with van der Waals surface area (Å²) in [4.78, 5) is 12.2. The van der Waals surface area contributed by atoms with Crippen molar-refractivity contribution in [3.8, 4) is 0 Å². The molecule has 2 unspecified atom stereocenters. The minimum Gasteiger partial charge on any atom is -0.348 e. The molecular weight excluding hydrogens is 260 g/mol. The molecule has 4 heteroatoms. The Morgan fingerprint density at radius 3 is 3.00 bits per heavy atom. The van der Waals surface area contributed by atoms with E-state index in [0.717, 1.165) is 24.9 Å². The van der Waals surface area contributed by atoms with Gasteiger partial charge in [-0.05, 0) is 49.9 Å². The summed E-state index contributed by atoms with van der Waals surface area (Å²) in [5.41, 5.74) is 1.03. The summed E-state index contributed by atoms with van der Waals surface area (Å²) in [6.45, 7) is 5.10. The zero-order valence-corrected chi connectivity index (χ0v) is 12.2. The molecule has 0 spiro atoms. The van der Waals surface area contributed by atoms with Gasteiger partial charge in [-0.15, -0.1) is 0 Å². The van der Waals surface area contributed by atoms with Crippen LogP contribution in [0.2, 0.25) is 5.02 Å². The molecule has 0 aromatic heterocycles. The van der Waals surface area contributed by atoms with E-state index in [1.54, 1.807) is 0 Å². The molecular formula is C15H21ClN2O. The smallest absolute Gasteiger partial charge is 0.237 e. The Morgan fingerprint density at radius 2 is 2.32 bits per heavy atom. The van der Waals surface area contributed by atoms with Gasteiger partial charge in [0.05, 0.1) is 12.1 Å². The van der Waals surface area contributed by atoms with Crippen molar-refractivity contribution in [2.75, 3.05) is 6.54 Å². The zero-order chi connectivity index (χ0) is 13.8. The van der Waals surface area contributed by atoms with Crippen LogP contribution in [-0.2, 0) is 4.79 Å². The Labute approximate surface area is 119 Å². The van der Waals surface area contributed by atoms with Crippen LogP contribution < -0.4 is 10.6 Å². The zero-order valence-electron chi connectivity index (χ0n) is 11.4. The molecule has 1 fully saturated rings. The number of halogens is 1. The molecule has 2 rings (SSSR count). The van der Waals surface area contributed by atoms with Gasteiger partial charge in [0, 0.05) is 5.02 Å². The van der Waals surface area contributed by atoms with Crippen molar-refractivity contribution in [3.63, 3.8) is 0 Å². The molecule has 1 heterocycles. The Morgan fingerprint density at radius 1 is 1.53 bits per heavy atom. The number of rotatable bonds is 3. The van der Waals surface area contributed by atoms with Crippen LogP contribution in [0.4, 0.5) is 0 Å². The van der Waals surface area contributed by atoms with Gasteiger partial charge in [0.1, 0.15) is 0 Å². The molecule has 3 atom stereocenters. The lowest BCUT2D eigenvalue weighted by molar-refractivity contribution is -0.124. The highest BCUT2D eigenvalue weighted by Gasteiger charge is 2.25. The normalized spacial score (nSPS) is 24.8. The number of carbonyl (C=O) groups is 1. The molecule has 0 radical (unpaired) electrons. The first-order valence-electron chi connectivity index (χ1n) is 6.85. The van der Waals surface area contributed by atoms with Crippen LogP contribution in [0.1, 0.15) is 38.3 Å². The van der Waals surface area contributed by atoms with Gasteiger partial charge in [-0.1, -0.05) is 30.7 Å². The lowest BCUT2D eigenvalue weighted by Gasteiger charge is -2.28. The van der Waals surface area contributed by atoms with Crippen LogP contribution in [0, 0.1) is 5.92 Å². The predicted octanol–water partition coefficient (Wildman–Crippen LogP) is 2.91. The van der Waals surface area contributed by atoms with Crippen LogP contribution in [0.25, 0.3) is 0 Å². The summed E-state index contributed by atoms with van der Waals surface area (Å²) in [7, 11) is 0.